The highest BCUT2D eigenvalue weighted by Gasteiger charge is 2.66. The zero-order valence-corrected chi connectivity index (χ0v) is 23.5. The van der Waals surface area contributed by atoms with E-state index in [9.17, 15) is 19.7 Å². The van der Waals surface area contributed by atoms with Crippen molar-refractivity contribution < 1.29 is 42.9 Å². The number of benzene rings is 1. The molecule has 12 heteroatoms. The maximum atomic E-state index is 12.9. The van der Waals surface area contributed by atoms with E-state index in [1.54, 1.807) is 7.11 Å². The lowest BCUT2D eigenvalue weighted by Gasteiger charge is -2.40. The molecule has 1 aliphatic carbocycles. The van der Waals surface area contributed by atoms with Crippen molar-refractivity contribution in [3.63, 3.8) is 0 Å². The molecule has 40 heavy (non-hydrogen) atoms. The summed E-state index contributed by atoms with van der Waals surface area (Å²) in [6.45, 7) is 8.35. The molecular formula is C28H38N2O10. The van der Waals surface area contributed by atoms with E-state index in [4.69, 9.17) is 28.4 Å². The number of non-ortho nitro benzene ring substituents is 1. The van der Waals surface area contributed by atoms with Crippen molar-refractivity contribution in [3.8, 4) is 5.75 Å². The number of ether oxygens (including phenoxy) is 6. The van der Waals surface area contributed by atoms with Gasteiger partial charge in [0.1, 0.15) is 24.6 Å². The Bertz CT molecular complexity index is 1100. The minimum absolute atomic E-state index is 0.0175. The fourth-order valence-electron chi connectivity index (χ4n) is 5.25. The average Bonchev–Trinajstić information content (AvgIpc) is 3.83. The number of hydrogen-bond donors (Lipinski definition) is 1. The van der Waals surface area contributed by atoms with Gasteiger partial charge in [0.05, 0.1) is 35.4 Å². The van der Waals surface area contributed by atoms with Crippen LogP contribution < -0.4 is 10.1 Å². The van der Waals surface area contributed by atoms with Crippen molar-refractivity contribution in [1.82, 2.24) is 5.32 Å². The van der Waals surface area contributed by atoms with Crippen LogP contribution in [0.1, 0.15) is 47.0 Å². The van der Waals surface area contributed by atoms with E-state index >= 15 is 0 Å². The van der Waals surface area contributed by atoms with Gasteiger partial charge in [-0.1, -0.05) is 25.5 Å². The lowest BCUT2D eigenvalue weighted by molar-refractivity contribution is -0.384. The third-order valence-electron chi connectivity index (χ3n) is 7.70. The molecule has 1 aromatic rings. The van der Waals surface area contributed by atoms with Gasteiger partial charge < -0.3 is 33.7 Å². The Hall–Kier alpha value is -3.22. The number of alkyl carbamates (subject to hydrolysis) is 1. The van der Waals surface area contributed by atoms with Crippen LogP contribution in [0.3, 0.4) is 0 Å². The van der Waals surface area contributed by atoms with Crippen LogP contribution in [0.2, 0.25) is 0 Å². The number of methoxy groups -OCH3 is 1. The number of nitro benzene ring substituents is 1. The summed E-state index contributed by atoms with van der Waals surface area (Å²) in [5, 5.41) is 13.6. The number of carbonyl (C=O) groups excluding carboxylic acids is 2. The van der Waals surface area contributed by atoms with Crippen molar-refractivity contribution in [2.45, 2.75) is 83.0 Å². The third-order valence-corrected chi connectivity index (χ3v) is 7.70. The van der Waals surface area contributed by atoms with Crippen molar-refractivity contribution in [3.05, 3.63) is 46.0 Å². The monoisotopic (exact) mass is 562 g/mol. The molecule has 0 radical (unpaired) electrons. The molecule has 2 saturated heterocycles. The first-order valence-electron chi connectivity index (χ1n) is 13.5. The van der Waals surface area contributed by atoms with E-state index in [0.717, 1.165) is 12.8 Å². The van der Waals surface area contributed by atoms with Gasteiger partial charge >= 0.3 is 12.2 Å². The second-order valence-electron chi connectivity index (χ2n) is 11.1. The Morgan fingerprint density at radius 1 is 1.25 bits per heavy atom. The normalized spacial score (nSPS) is 29.3. The molecule has 1 saturated carbocycles. The molecule has 1 amide bonds. The van der Waals surface area contributed by atoms with Crippen molar-refractivity contribution in [1.29, 1.82) is 0 Å². The number of carbonyl (C=O) groups is 2. The Kier molecular flexibility index (Phi) is 9.32. The van der Waals surface area contributed by atoms with E-state index in [0.29, 0.717) is 13.0 Å². The molecule has 2 heterocycles. The van der Waals surface area contributed by atoms with Crippen LogP contribution in [0.15, 0.2) is 35.9 Å². The van der Waals surface area contributed by atoms with E-state index in [2.05, 4.69) is 25.2 Å². The first kappa shape index (κ1) is 29.8. The van der Waals surface area contributed by atoms with E-state index in [-0.39, 0.29) is 53.8 Å². The molecule has 1 spiro atoms. The van der Waals surface area contributed by atoms with E-state index < -0.39 is 29.3 Å². The van der Waals surface area contributed by atoms with Crippen molar-refractivity contribution in [2.24, 2.45) is 11.8 Å². The molecule has 2 aliphatic heterocycles. The number of epoxide rings is 2. The van der Waals surface area contributed by atoms with Crippen LogP contribution in [-0.4, -0.2) is 73.6 Å². The highest BCUT2D eigenvalue weighted by Crippen LogP contribution is 2.54. The molecule has 0 bridgehead atoms. The minimum Gasteiger partial charge on any atom is -0.443 e. The van der Waals surface area contributed by atoms with Gasteiger partial charge in [-0.05, 0) is 51.2 Å². The van der Waals surface area contributed by atoms with E-state index in [1.165, 1.54) is 29.8 Å². The first-order valence-corrected chi connectivity index (χ1v) is 13.5. The van der Waals surface area contributed by atoms with Crippen molar-refractivity contribution >= 4 is 17.9 Å². The van der Waals surface area contributed by atoms with Gasteiger partial charge in [-0.15, -0.1) is 0 Å². The highest BCUT2D eigenvalue weighted by molar-refractivity contribution is 5.68. The summed E-state index contributed by atoms with van der Waals surface area (Å²) in [7, 11) is 1.61. The number of hydrogen-bond acceptors (Lipinski definition) is 10. The van der Waals surface area contributed by atoms with Crippen molar-refractivity contribution in [2.75, 3.05) is 20.3 Å². The zero-order valence-electron chi connectivity index (χ0n) is 23.5. The molecule has 1 N–H and O–H groups in total. The summed E-state index contributed by atoms with van der Waals surface area (Å²) in [6, 6.07) is 4.49. The Labute approximate surface area is 233 Å². The van der Waals surface area contributed by atoms with Crippen LogP contribution in [0.4, 0.5) is 15.3 Å². The molecule has 4 rings (SSSR count). The number of nitrogens with zero attached hydrogens (tertiary/aromatic N) is 1. The number of nitrogens with one attached hydrogen (secondary N) is 1. The van der Waals surface area contributed by atoms with Gasteiger partial charge in [0.2, 0.25) is 0 Å². The fraction of sp³-hybridized carbons (Fsp3) is 0.643. The SMILES string of the molecule is COC1C(OC(=O)N[C@@H](COC(=O)Oc2ccc([N+](=O)[O-])cc2)C(C)C)CCC2(CO2)C1C1OC1CC=C(C)C. The second kappa shape index (κ2) is 12.5. The summed E-state index contributed by atoms with van der Waals surface area (Å²) in [5.41, 5.74) is 0.816. The average molecular weight is 563 g/mol. The summed E-state index contributed by atoms with van der Waals surface area (Å²) >= 11 is 0. The van der Waals surface area contributed by atoms with Crippen LogP contribution in [0, 0.1) is 22.0 Å². The summed E-state index contributed by atoms with van der Waals surface area (Å²) < 4.78 is 33.9. The predicted octanol–water partition coefficient (Wildman–Crippen LogP) is 4.55. The number of amides is 1. The van der Waals surface area contributed by atoms with Gasteiger partial charge in [-0.3, -0.25) is 10.1 Å². The molecule has 220 valence electrons. The molecule has 0 aromatic heterocycles. The zero-order chi connectivity index (χ0) is 29.0. The Balaban J connectivity index is 1.30. The lowest BCUT2D eigenvalue weighted by atomic mass is 9.73. The molecule has 3 aliphatic rings. The third kappa shape index (κ3) is 7.29. The first-order chi connectivity index (χ1) is 19.0. The standard InChI is InChI=1S/C28H38N2O10/c1-16(2)6-11-21-25(39-21)23-24(35-5)22(12-13-28(23)15-37-28)40-26(31)29-20(17(3)4)14-36-27(32)38-19-9-7-18(8-10-19)30(33)34/h6-10,17,20-25H,11-15H2,1-5H3,(H,29,31)/t20-,21?,22?,23?,24?,25?,28?/m0/s1. The maximum absolute atomic E-state index is 12.9. The van der Waals surface area contributed by atoms with Gasteiger partial charge in [-0.2, -0.15) is 0 Å². The quantitative estimate of drug-likeness (QED) is 0.102. The molecule has 1 aromatic carbocycles. The molecule has 12 nitrogen and oxygen atoms in total. The Morgan fingerprint density at radius 2 is 1.95 bits per heavy atom. The summed E-state index contributed by atoms with van der Waals surface area (Å²) in [4.78, 5) is 35.3. The Morgan fingerprint density at radius 3 is 2.52 bits per heavy atom. The van der Waals surface area contributed by atoms with Gasteiger partial charge in [0.15, 0.2) is 0 Å². The van der Waals surface area contributed by atoms with Gasteiger partial charge in [-0.25, -0.2) is 9.59 Å². The lowest BCUT2D eigenvalue weighted by Crippen LogP contribution is -2.54. The summed E-state index contributed by atoms with van der Waals surface area (Å²) in [6.07, 6.45) is 1.91. The van der Waals surface area contributed by atoms with Crippen LogP contribution in [0.25, 0.3) is 0 Å². The molecular weight excluding hydrogens is 524 g/mol. The topological polar surface area (TPSA) is 151 Å². The largest absolute Gasteiger partial charge is 0.513 e. The number of allylic oxidation sites excluding steroid dienone is 1. The number of rotatable bonds is 11. The second-order valence-corrected chi connectivity index (χ2v) is 11.1. The molecule has 7 atom stereocenters. The van der Waals surface area contributed by atoms with E-state index in [1.807, 2.05) is 13.8 Å². The maximum Gasteiger partial charge on any atom is 0.513 e. The highest BCUT2D eigenvalue weighted by atomic mass is 16.7. The van der Waals surface area contributed by atoms with Gasteiger partial charge in [0, 0.05) is 25.2 Å². The van der Waals surface area contributed by atoms with Crippen LogP contribution in [0.5, 0.6) is 5.75 Å². The van der Waals surface area contributed by atoms with Crippen LogP contribution in [-0.2, 0) is 23.7 Å². The summed E-state index contributed by atoms with van der Waals surface area (Å²) in [5.74, 6) is -0.0319. The smallest absolute Gasteiger partial charge is 0.443 e. The predicted molar refractivity (Wildman–Crippen MR) is 142 cm³/mol. The molecule has 6 unspecified atom stereocenters. The molecule has 3 fully saturated rings. The number of nitro groups is 1. The van der Waals surface area contributed by atoms with Gasteiger partial charge in [0.25, 0.3) is 5.69 Å². The minimum atomic E-state index is -0.994. The fourth-order valence-corrected chi connectivity index (χ4v) is 5.25. The van der Waals surface area contributed by atoms with Crippen LogP contribution >= 0.6 is 0 Å².